The van der Waals surface area contributed by atoms with Crippen molar-refractivity contribution in [3.05, 3.63) is 23.8 Å². The standard InChI is InChI=1S/C18H27NO3/c1-13-5-8-15(9-6-13)19(2)18(20)12-14-7-10-16(21-3)17(11-14)22-4/h7,10-11,13,15H,5-6,8-9,12H2,1-4H3. The number of methoxy groups -OCH3 is 2. The number of benzene rings is 1. The van der Waals surface area contributed by atoms with Gasteiger partial charge in [-0.25, -0.2) is 0 Å². The molecule has 1 aliphatic rings. The fourth-order valence-corrected chi connectivity index (χ4v) is 3.12. The largest absolute Gasteiger partial charge is 0.493 e. The molecule has 0 atom stereocenters. The number of nitrogens with zero attached hydrogens (tertiary/aromatic N) is 1. The molecule has 1 aromatic carbocycles. The first-order valence-corrected chi connectivity index (χ1v) is 8.01. The first kappa shape index (κ1) is 16.7. The molecule has 0 aliphatic heterocycles. The Kier molecular flexibility index (Phi) is 5.69. The fourth-order valence-electron chi connectivity index (χ4n) is 3.12. The van der Waals surface area contributed by atoms with Gasteiger partial charge in [0.05, 0.1) is 20.6 Å². The quantitative estimate of drug-likeness (QED) is 0.838. The maximum Gasteiger partial charge on any atom is 0.226 e. The SMILES string of the molecule is COc1ccc(CC(=O)N(C)C2CCC(C)CC2)cc1OC. The number of hydrogen-bond acceptors (Lipinski definition) is 3. The average Bonchev–Trinajstić information content (AvgIpc) is 2.54. The van der Waals surface area contributed by atoms with E-state index in [1.807, 2.05) is 30.1 Å². The summed E-state index contributed by atoms with van der Waals surface area (Å²) in [6, 6.07) is 6.05. The minimum absolute atomic E-state index is 0.173. The molecular formula is C18H27NO3. The lowest BCUT2D eigenvalue weighted by Crippen LogP contribution is -2.40. The Morgan fingerprint density at radius 3 is 2.36 bits per heavy atom. The second-order valence-corrected chi connectivity index (χ2v) is 6.28. The summed E-state index contributed by atoms with van der Waals surface area (Å²) in [4.78, 5) is 14.4. The van der Waals surface area contributed by atoms with E-state index in [0.29, 0.717) is 24.0 Å². The van der Waals surface area contributed by atoms with Crippen LogP contribution in [0, 0.1) is 5.92 Å². The van der Waals surface area contributed by atoms with Crippen LogP contribution in [0.2, 0.25) is 0 Å². The van der Waals surface area contributed by atoms with E-state index in [2.05, 4.69) is 6.92 Å². The van der Waals surface area contributed by atoms with Crippen molar-refractivity contribution >= 4 is 5.91 Å². The molecule has 0 N–H and O–H groups in total. The van der Waals surface area contributed by atoms with E-state index in [4.69, 9.17) is 9.47 Å². The van der Waals surface area contributed by atoms with Gasteiger partial charge in [0.25, 0.3) is 0 Å². The molecule has 0 heterocycles. The van der Waals surface area contributed by atoms with E-state index in [1.165, 1.54) is 12.8 Å². The third-order valence-corrected chi connectivity index (χ3v) is 4.73. The molecule has 1 fully saturated rings. The van der Waals surface area contributed by atoms with Gasteiger partial charge in [0, 0.05) is 13.1 Å². The zero-order chi connectivity index (χ0) is 16.1. The van der Waals surface area contributed by atoms with Gasteiger partial charge >= 0.3 is 0 Å². The summed E-state index contributed by atoms with van der Waals surface area (Å²) < 4.78 is 10.5. The van der Waals surface area contributed by atoms with E-state index in [0.717, 1.165) is 24.3 Å². The Hall–Kier alpha value is -1.71. The van der Waals surface area contributed by atoms with Crippen molar-refractivity contribution in [2.45, 2.75) is 45.1 Å². The predicted octanol–water partition coefficient (Wildman–Crippen LogP) is 3.28. The van der Waals surface area contributed by atoms with Crippen molar-refractivity contribution in [2.24, 2.45) is 5.92 Å². The Balaban J connectivity index is 1.99. The van der Waals surface area contributed by atoms with Crippen LogP contribution in [-0.4, -0.2) is 38.1 Å². The number of carbonyl (C=O) groups excluding carboxylic acids is 1. The molecule has 0 unspecified atom stereocenters. The molecule has 1 saturated carbocycles. The van der Waals surface area contributed by atoms with Gasteiger partial charge in [0.1, 0.15) is 0 Å². The van der Waals surface area contributed by atoms with E-state index in [9.17, 15) is 4.79 Å². The number of rotatable bonds is 5. The highest BCUT2D eigenvalue weighted by molar-refractivity contribution is 5.79. The normalized spacial score (nSPS) is 21.3. The van der Waals surface area contributed by atoms with Gasteiger partial charge in [0.15, 0.2) is 11.5 Å². The van der Waals surface area contributed by atoms with Gasteiger partial charge < -0.3 is 14.4 Å². The molecule has 0 saturated heterocycles. The molecule has 0 bridgehead atoms. The minimum Gasteiger partial charge on any atom is -0.493 e. The van der Waals surface area contributed by atoms with Crippen molar-refractivity contribution in [1.29, 1.82) is 0 Å². The Morgan fingerprint density at radius 2 is 1.77 bits per heavy atom. The van der Waals surface area contributed by atoms with Crippen molar-refractivity contribution in [3.8, 4) is 11.5 Å². The van der Waals surface area contributed by atoms with E-state index in [1.54, 1.807) is 14.2 Å². The third-order valence-electron chi connectivity index (χ3n) is 4.73. The summed E-state index contributed by atoms with van der Waals surface area (Å²) in [5.41, 5.74) is 0.957. The molecule has 0 radical (unpaired) electrons. The minimum atomic E-state index is 0.173. The summed E-state index contributed by atoms with van der Waals surface area (Å²) in [7, 11) is 5.16. The molecule has 0 aromatic heterocycles. The Labute approximate surface area is 133 Å². The molecule has 1 aliphatic carbocycles. The predicted molar refractivity (Wildman–Crippen MR) is 87.4 cm³/mol. The van der Waals surface area contributed by atoms with Crippen LogP contribution in [0.15, 0.2) is 18.2 Å². The van der Waals surface area contributed by atoms with Crippen molar-refractivity contribution in [3.63, 3.8) is 0 Å². The van der Waals surface area contributed by atoms with Crippen molar-refractivity contribution in [1.82, 2.24) is 4.90 Å². The summed E-state index contributed by atoms with van der Waals surface area (Å²) in [5, 5.41) is 0. The molecule has 22 heavy (non-hydrogen) atoms. The fraction of sp³-hybridized carbons (Fsp3) is 0.611. The van der Waals surface area contributed by atoms with Gasteiger partial charge in [-0.3, -0.25) is 4.79 Å². The molecular weight excluding hydrogens is 278 g/mol. The van der Waals surface area contributed by atoms with E-state index >= 15 is 0 Å². The molecule has 1 amide bonds. The number of amides is 1. The van der Waals surface area contributed by atoms with Crippen molar-refractivity contribution < 1.29 is 14.3 Å². The Bertz CT molecular complexity index is 507. The van der Waals surface area contributed by atoms with Gasteiger partial charge in [-0.2, -0.15) is 0 Å². The molecule has 2 rings (SSSR count). The van der Waals surface area contributed by atoms with Crippen LogP contribution in [0.1, 0.15) is 38.2 Å². The highest BCUT2D eigenvalue weighted by atomic mass is 16.5. The molecule has 4 nitrogen and oxygen atoms in total. The molecule has 0 spiro atoms. The smallest absolute Gasteiger partial charge is 0.226 e. The van der Waals surface area contributed by atoms with Gasteiger partial charge in [0.2, 0.25) is 5.91 Å². The number of likely N-dealkylation sites (N-methyl/N-ethyl adjacent to an activating group) is 1. The van der Waals surface area contributed by atoms with Gasteiger partial charge in [-0.15, -0.1) is 0 Å². The number of carbonyl (C=O) groups is 1. The van der Waals surface area contributed by atoms with Crippen molar-refractivity contribution in [2.75, 3.05) is 21.3 Å². The monoisotopic (exact) mass is 305 g/mol. The zero-order valence-electron chi connectivity index (χ0n) is 14.1. The number of ether oxygens (including phenoxy) is 2. The maximum atomic E-state index is 12.5. The lowest BCUT2D eigenvalue weighted by atomic mass is 9.86. The van der Waals surface area contributed by atoms with Crippen LogP contribution < -0.4 is 9.47 Å². The summed E-state index contributed by atoms with van der Waals surface area (Å²) in [5.74, 6) is 2.33. The van der Waals surface area contributed by atoms with Gasteiger partial charge in [-0.1, -0.05) is 13.0 Å². The van der Waals surface area contributed by atoms with Crippen LogP contribution in [0.4, 0.5) is 0 Å². The lowest BCUT2D eigenvalue weighted by molar-refractivity contribution is -0.132. The molecule has 1 aromatic rings. The van der Waals surface area contributed by atoms with Gasteiger partial charge in [-0.05, 0) is 49.3 Å². The molecule has 4 heteroatoms. The topological polar surface area (TPSA) is 38.8 Å². The van der Waals surface area contributed by atoms with Crippen LogP contribution in [0.5, 0.6) is 11.5 Å². The second-order valence-electron chi connectivity index (χ2n) is 6.28. The summed E-state index contributed by atoms with van der Waals surface area (Å²) >= 11 is 0. The zero-order valence-corrected chi connectivity index (χ0v) is 14.1. The van der Waals surface area contributed by atoms with Crippen LogP contribution in [0.3, 0.4) is 0 Å². The third kappa shape index (κ3) is 3.93. The van der Waals surface area contributed by atoms with E-state index < -0.39 is 0 Å². The van der Waals surface area contributed by atoms with Crippen LogP contribution in [-0.2, 0) is 11.2 Å². The average molecular weight is 305 g/mol. The molecule has 122 valence electrons. The first-order chi connectivity index (χ1) is 10.5. The highest BCUT2D eigenvalue weighted by Crippen LogP contribution is 2.29. The first-order valence-electron chi connectivity index (χ1n) is 8.01. The number of hydrogen-bond donors (Lipinski definition) is 0. The second kappa shape index (κ2) is 7.52. The van der Waals surface area contributed by atoms with E-state index in [-0.39, 0.29) is 5.91 Å². The Morgan fingerprint density at radius 1 is 1.14 bits per heavy atom. The summed E-state index contributed by atoms with van der Waals surface area (Å²) in [6.07, 6.45) is 5.09. The summed E-state index contributed by atoms with van der Waals surface area (Å²) in [6.45, 7) is 2.29. The highest BCUT2D eigenvalue weighted by Gasteiger charge is 2.24. The maximum absolute atomic E-state index is 12.5. The van der Waals surface area contributed by atoms with Crippen LogP contribution >= 0.6 is 0 Å². The lowest BCUT2D eigenvalue weighted by Gasteiger charge is -2.33. The van der Waals surface area contributed by atoms with Crippen LogP contribution in [0.25, 0.3) is 0 Å².